The molecular formula is C23H28N2. The molecule has 0 bridgehead atoms. The van der Waals surface area contributed by atoms with Crippen LogP contribution in [0.3, 0.4) is 0 Å². The third-order valence-electron chi connectivity index (χ3n) is 4.85. The van der Waals surface area contributed by atoms with Gasteiger partial charge in [-0.3, -0.25) is 0 Å². The van der Waals surface area contributed by atoms with Crippen molar-refractivity contribution < 1.29 is 0 Å². The van der Waals surface area contributed by atoms with Crippen molar-refractivity contribution in [3.63, 3.8) is 0 Å². The Hall–Kier alpha value is -2.35. The third kappa shape index (κ3) is 4.39. The standard InChI is InChI=1S/C23H28N2/c1-18(2)8-6-9-19(3)14-15-25-17-24-16-23(25)22-13-7-11-20-10-4-5-12-21(20)22/h4-5,7-8,10-13,16-17,19H,6,9,14-15H2,1-3H3. The van der Waals surface area contributed by atoms with Crippen LogP contribution in [0.2, 0.25) is 0 Å². The Balaban J connectivity index is 1.73. The summed E-state index contributed by atoms with van der Waals surface area (Å²) in [5, 5.41) is 2.58. The molecule has 0 saturated carbocycles. The molecule has 0 radical (unpaired) electrons. The maximum absolute atomic E-state index is 4.42. The molecule has 0 spiro atoms. The Kier molecular flexibility index (Phi) is 5.70. The molecule has 2 nitrogen and oxygen atoms in total. The van der Waals surface area contributed by atoms with Crippen LogP contribution in [0.1, 0.15) is 40.0 Å². The van der Waals surface area contributed by atoms with Gasteiger partial charge in [-0.25, -0.2) is 4.98 Å². The molecule has 1 atom stereocenters. The molecule has 1 aromatic heterocycles. The zero-order chi connectivity index (χ0) is 17.6. The van der Waals surface area contributed by atoms with Gasteiger partial charge < -0.3 is 4.57 Å². The Labute approximate surface area is 151 Å². The zero-order valence-electron chi connectivity index (χ0n) is 15.6. The van der Waals surface area contributed by atoms with Gasteiger partial charge in [0.15, 0.2) is 0 Å². The summed E-state index contributed by atoms with van der Waals surface area (Å²) in [6.45, 7) is 7.72. The first-order valence-electron chi connectivity index (χ1n) is 9.27. The van der Waals surface area contributed by atoms with E-state index in [9.17, 15) is 0 Å². The number of aromatic nitrogens is 2. The van der Waals surface area contributed by atoms with E-state index in [0.717, 1.165) is 12.5 Å². The average molecular weight is 332 g/mol. The van der Waals surface area contributed by atoms with E-state index in [4.69, 9.17) is 0 Å². The molecule has 1 heterocycles. The fraction of sp³-hybridized carbons (Fsp3) is 0.348. The van der Waals surface area contributed by atoms with Crippen LogP contribution >= 0.6 is 0 Å². The molecule has 25 heavy (non-hydrogen) atoms. The molecule has 0 aliphatic heterocycles. The number of nitrogens with zero attached hydrogens (tertiary/aromatic N) is 2. The molecule has 0 amide bonds. The number of imidazole rings is 1. The van der Waals surface area contributed by atoms with Crippen LogP contribution in [-0.2, 0) is 6.54 Å². The first kappa shape index (κ1) is 17.5. The van der Waals surface area contributed by atoms with Crippen molar-refractivity contribution in [3.05, 3.63) is 66.6 Å². The number of benzene rings is 2. The Bertz CT molecular complexity index is 848. The van der Waals surface area contributed by atoms with E-state index in [0.29, 0.717) is 0 Å². The van der Waals surface area contributed by atoms with Gasteiger partial charge in [0.2, 0.25) is 0 Å². The van der Waals surface area contributed by atoms with E-state index in [-0.39, 0.29) is 0 Å². The van der Waals surface area contributed by atoms with E-state index in [1.165, 1.54) is 46.9 Å². The third-order valence-corrected chi connectivity index (χ3v) is 4.85. The summed E-state index contributed by atoms with van der Waals surface area (Å²) in [6, 6.07) is 15.1. The van der Waals surface area contributed by atoms with Gasteiger partial charge in [0.25, 0.3) is 0 Å². The van der Waals surface area contributed by atoms with Crippen LogP contribution in [0.15, 0.2) is 66.6 Å². The van der Waals surface area contributed by atoms with Crippen LogP contribution in [-0.4, -0.2) is 9.55 Å². The lowest BCUT2D eigenvalue weighted by atomic mass is 10.00. The topological polar surface area (TPSA) is 17.8 Å². The van der Waals surface area contributed by atoms with Gasteiger partial charge in [-0.15, -0.1) is 0 Å². The first-order chi connectivity index (χ1) is 12.1. The minimum Gasteiger partial charge on any atom is -0.331 e. The average Bonchev–Trinajstić information content (AvgIpc) is 3.07. The van der Waals surface area contributed by atoms with Crippen molar-refractivity contribution in [2.45, 2.75) is 46.6 Å². The number of hydrogen-bond donors (Lipinski definition) is 0. The van der Waals surface area contributed by atoms with Gasteiger partial charge in [0, 0.05) is 12.1 Å². The van der Waals surface area contributed by atoms with E-state index < -0.39 is 0 Å². The van der Waals surface area contributed by atoms with Gasteiger partial charge in [0.1, 0.15) is 0 Å². The Morgan fingerprint density at radius 1 is 1.08 bits per heavy atom. The number of hydrogen-bond acceptors (Lipinski definition) is 1. The quantitative estimate of drug-likeness (QED) is 0.453. The largest absolute Gasteiger partial charge is 0.331 e. The summed E-state index contributed by atoms with van der Waals surface area (Å²) in [5.41, 5.74) is 3.90. The zero-order valence-corrected chi connectivity index (χ0v) is 15.6. The minimum atomic E-state index is 0.721. The molecular weight excluding hydrogens is 304 g/mol. The van der Waals surface area contributed by atoms with Gasteiger partial charge in [-0.1, -0.05) is 61.0 Å². The fourth-order valence-corrected chi connectivity index (χ4v) is 3.33. The van der Waals surface area contributed by atoms with Crippen molar-refractivity contribution in [2.75, 3.05) is 0 Å². The van der Waals surface area contributed by atoms with Crippen LogP contribution in [0.4, 0.5) is 0 Å². The van der Waals surface area contributed by atoms with Crippen LogP contribution in [0, 0.1) is 5.92 Å². The molecule has 0 aliphatic carbocycles. The highest BCUT2D eigenvalue weighted by molar-refractivity contribution is 5.95. The highest BCUT2D eigenvalue weighted by Gasteiger charge is 2.10. The lowest BCUT2D eigenvalue weighted by Crippen LogP contribution is -2.04. The highest BCUT2D eigenvalue weighted by Crippen LogP contribution is 2.28. The number of rotatable bonds is 7. The van der Waals surface area contributed by atoms with Crippen LogP contribution in [0.25, 0.3) is 22.0 Å². The monoisotopic (exact) mass is 332 g/mol. The van der Waals surface area contributed by atoms with Gasteiger partial charge in [-0.05, 0) is 49.8 Å². The molecule has 0 fully saturated rings. The summed E-state index contributed by atoms with van der Waals surface area (Å²) in [5.74, 6) is 0.721. The van der Waals surface area contributed by atoms with Crippen molar-refractivity contribution in [2.24, 2.45) is 5.92 Å². The molecule has 2 aromatic carbocycles. The van der Waals surface area contributed by atoms with Crippen molar-refractivity contribution in [1.82, 2.24) is 9.55 Å². The molecule has 2 heteroatoms. The molecule has 3 rings (SSSR count). The summed E-state index contributed by atoms with van der Waals surface area (Å²) < 4.78 is 2.30. The maximum atomic E-state index is 4.42. The maximum Gasteiger partial charge on any atom is 0.0950 e. The van der Waals surface area contributed by atoms with Gasteiger partial charge in [-0.2, -0.15) is 0 Å². The van der Waals surface area contributed by atoms with Crippen molar-refractivity contribution >= 4 is 10.8 Å². The summed E-state index contributed by atoms with van der Waals surface area (Å²) in [6.07, 6.45) is 9.93. The summed E-state index contributed by atoms with van der Waals surface area (Å²) >= 11 is 0. The molecule has 0 aliphatic rings. The van der Waals surface area contributed by atoms with E-state index in [1.807, 2.05) is 12.5 Å². The molecule has 0 saturated heterocycles. The fourth-order valence-electron chi connectivity index (χ4n) is 3.33. The van der Waals surface area contributed by atoms with E-state index >= 15 is 0 Å². The van der Waals surface area contributed by atoms with Crippen molar-refractivity contribution in [1.29, 1.82) is 0 Å². The van der Waals surface area contributed by atoms with Crippen molar-refractivity contribution in [3.8, 4) is 11.3 Å². The molecule has 0 N–H and O–H groups in total. The van der Waals surface area contributed by atoms with Gasteiger partial charge >= 0.3 is 0 Å². The highest BCUT2D eigenvalue weighted by atomic mass is 15.0. The lowest BCUT2D eigenvalue weighted by Gasteiger charge is -2.14. The van der Waals surface area contributed by atoms with Crippen LogP contribution in [0.5, 0.6) is 0 Å². The number of allylic oxidation sites excluding steroid dienone is 2. The second-order valence-corrected chi connectivity index (χ2v) is 7.25. The first-order valence-corrected chi connectivity index (χ1v) is 9.27. The molecule has 130 valence electrons. The molecule has 3 aromatic rings. The smallest absolute Gasteiger partial charge is 0.0950 e. The predicted octanol–water partition coefficient (Wildman–Crippen LogP) is 6.48. The van der Waals surface area contributed by atoms with E-state index in [1.54, 1.807) is 0 Å². The second kappa shape index (κ2) is 8.15. The predicted molar refractivity (Wildman–Crippen MR) is 108 cm³/mol. The summed E-state index contributed by atoms with van der Waals surface area (Å²) in [7, 11) is 0. The minimum absolute atomic E-state index is 0.721. The number of fused-ring (bicyclic) bond motifs is 1. The summed E-state index contributed by atoms with van der Waals surface area (Å²) in [4.78, 5) is 4.42. The SMILES string of the molecule is CC(C)=CCCC(C)CCn1cncc1-c1cccc2ccccc12. The second-order valence-electron chi connectivity index (χ2n) is 7.25. The molecule has 1 unspecified atom stereocenters. The Morgan fingerprint density at radius 2 is 1.88 bits per heavy atom. The number of aryl methyl sites for hydroxylation is 1. The van der Waals surface area contributed by atoms with Gasteiger partial charge in [0.05, 0.1) is 18.2 Å². The normalized spacial score (nSPS) is 12.3. The lowest BCUT2D eigenvalue weighted by molar-refractivity contribution is 0.456. The Morgan fingerprint density at radius 3 is 2.72 bits per heavy atom. The van der Waals surface area contributed by atoms with E-state index in [2.05, 4.69) is 78.9 Å². The van der Waals surface area contributed by atoms with Crippen LogP contribution < -0.4 is 0 Å².